The van der Waals surface area contributed by atoms with Crippen LogP contribution in [0.3, 0.4) is 0 Å². The second kappa shape index (κ2) is 8.71. The molecule has 0 radical (unpaired) electrons. The SMILES string of the molecule is C=C(C)C(=O)NCc1ccc(-c2nc(-c3ccc(OC)c(OC)c3)cs2)cc1. The minimum atomic E-state index is -0.136. The van der Waals surface area contributed by atoms with Gasteiger partial charge in [-0.15, -0.1) is 11.3 Å². The van der Waals surface area contributed by atoms with Crippen LogP contribution in [-0.4, -0.2) is 25.1 Å². The number of nitrogens with zero attached hydrogens (tertiary/aromatic N) is 1. The Morgan fingerprint density at radius 3 is 2.39 bits per heavy atom. The van der Waals surface area contributed by atoms with Crippen LogP contribution in [0, 0.1) is 0 Å². The van der Waals surface area contributed by atoms with Gasteiger partial charge < -0.3 is 14.8 Å². The van der Waals surface area contributed by atoms with Crippen molar-refractivity contribution < 1.29 is 14.3 Å². The number of thiazole rings is 1. The molecule has 0 fully saturated rings. The molecule has 0 aliphatic heterocycles. The molecule has 6 heteroatoms. The predicted molar refractivity (Wildman–Crippen MR) is 113 cm³/mol. The van der Waals surface area contributed by atoms with E-state index in [2.05, 4.69) is 11.9 Å². The Balaban J connectivity index is 1.75. The van der Waals surface area contributed by atoms with Crippen LogP contribution in [0.4, 0.5) is 0 Å². The topological polar surface area (TPSA) is 60.5 Å². The lowest BCUT2D eigenvalue weighted by Gasteiger charge is -2.08. The van der Waals surface area contributed by atoms with Crippen molar-refractivity contribution in [2.24, 2.45) is 0 Å². The molecule has 0 aliphatic carbocycles. The van der Waals surface area contributed by atoms with Crippen molar-refractivity contribution in [3.05, 3.63) is 65.6 Å². The Morgan fingerprint density at radius 2 is 1.75 bits per heavy atom. The Labute approximate surface area is 168 Å². The van der Waals surface area contributed by atoms with E-state index >= 15 is 0 Å². The van der Waals surface area contributed by atoms with Crippen LogP contribution in [0.1, 0.15) is 12.5 Å². The maximum Gasteiger partial charge on any atom is 0.246 e. The van der Waals surface area contributed by atoms with Gasteiger partial charge in [0.1, 0.15) is 5.01 Å². The summed E-state index contributed by atoms with van der Waals surface area (Å²) < 4.78 is 10.7. The normalized spacial score (nSPS) is 10.4. The van der Waals surface area contributed by atoms with E-state index in [0.717, 1.165) is 27.4 Å². The number of methoxy groups -OCH3 is 2. The highest BCUT2D eigenvalue weighted by molar-refractivity contribution is 7.13. The zero-order chi connectivity index (χ0) is 20.1. The summed E-state index contributed by atoms with van der Waals surface area (Å²) in [7, 11) is 3.24. The van der Waals surface area contributed by atoms with Gasteiger partial charge in [0.05, 0.1) is 19.9 Å². The van der Waals surface area contributed by atoms with Crippen molar-refractivity contribution in [2.75, 3.05) is 14.2 Å². The smallest absolute Gasteiger partial charge is 0.246 e. The maximum absolute atomic E-state index is 11.6. The van der Waals surface area contributed by atoms with Gasteiger partial charge in [0.2, 0.25) is 5.91 Å². The summed E-state index contributed by atoms with van der Waals surface area (Å²) in [4.78, 5) is 16.3. The van der Waals surface area contributed by atoms with E-state index in [1.54, 1.807) is 32.5 Å². The average Bonchev–Trinajstić information content (AvgIpc) is 3.22. The second-order valence-corrected chi connectivity index (χ2v) is 7.13. The van der Waals surface area contributed by atoms with Gasteiger partial charge in [-0.05, 0) is 30.7 Å². The molecule has 0 spiro atoms. The fraction of sp³-hybridized carbons (Fsp3) is 0.182. The highest BCUT2D eigenvalue weighted by Gasteiger charge is 2.10. The van der Waals surface area contributed by atoms with Gasteiger partial charge in [0, 0.05) is 28.6 Å². The fourth-order valence-electron chi connectivity index (χ4n) is 2.63. The summed E-state index contributed by atoms with van der Waals surface area (Å²) in [5.41, 5.74) is 4.42. The Hall–Kier alpha value is -3.12. The van der Waals surface area contributed by atoms with Crippen molar-refractivity contribution in [1.29, 1.82) is 0 Å². The molecule has 3 aromatic rings. The van der Waals surface area contributed by atoms with Crippen molar-refractivity contribution in [2.45, 2.75) is 13.5 Å². The van der Waals surface area contributed by atoms with E-state index in [1.165, 1.54) is 0 Å². The van der Waals surface area contributed by atoms with Gasteiger partial charge in [-0.25, -0.2) is 4.98 Å². The van der Waals surface area contributed by atoms with Gasteiger partial charge in [-0.3, -0.25) is 4.79 Å². The number of hydrogen-bond acceptors (Lipinski definition) is 5. The first-order valence-corrected chi connectivity index (χ1v) is 9.60. The lowest BCUT2D eigenvalue weighted by atomic mass is 10.1. The summed E-state index contributed by atoms with van der Waals surface area (Å²) in [6.45, 7) is 5.80. The molecule has 1 N–H and O–H groups in total. The zero-order valence-electron chi connectivity index (χ0n) is 16.1. The van der Waals surface area contributed by atoms with E-state index in [1.807, 2.05) is 47.8 Å². The molecule has 28 heavy (non-hydrogen) atoms. The molecule has 0 saturated heterocycles. The fourth-order valence-corrected chi connectivity index (χ4v) is 3.47. The third-order valence-electron chi connectivity index (χ3n) is 4.23. The Bertz CT molecular complexity index is 993. The molecular weight excluding hydrogens is 372 g/mol. The third kappa shape index (κ3) is 4.40. The number of nitrogens with one attached hydrogen (secondary N) is 1. The lowest BCUT2D eigenvalue weighted by Crippen LogP contribution is -2.22. The molecule has 0 saturated carbocycles. The number of carbonyl (C=O) groups excluding carboxylic acids is 1. The lowest BCUT2D eigenvalue weighted by molar-refractivity contribution is -0.117. The van der Waals surface area contributed by atoms with Crippen LogP contribution < -0.4 is 14.8 Å². The van der Waals surface area contributed by atoms with Gasteiger partial charge in [0.15, 0.2) is 11.5 Å². The first-order chi connectivity index (χ1) is 13.5. The Morgan fingerprint density at radius 1 is 1.07 bits per heavy atom. The molecule has 1 heterocycles. The molecule has 1 aromatic heterocycles. The molecule has 0 bridgehead atoms. The second-order valence-electron chi connectivity index (χ2n) is 6.27. The van der Waals surface area contributed by atoms with Crippen LogP contribution in [-0.2, 0) is 11.3 Å². The molecule has 2 aromatic carbocycles. The van der Waals surface area contributed by atoms with Crippen LogP contribution in [0.5, 0.6) is 11.5 Å². The highest BCUT2D eigenvalue weighted by Crippen LogP contribution is 2.34. The first kappa shape index (κ1) is 19.6. The molecule has 5 nitrogen and oxygen atoms in total. The highest BCUT2D eigenvalue weighted by atomic mass is 32.1. The number of rotatable bonds is 7. The Kier molecular flexibility index (Phi) is 6.11. The molecule has 0 unspecified atom stereocenters. The third-order valence-corrected chi connectivity index (χ3v) is 5.12. The minimum Gasteiger partial charge on any atom is -0.493 e. The molecular formula is C22H22N2O3S. The van der Waals surface area contributed by atoms with Gasteiger partial charge in [0.25, 0.3) is 0 Å². The minimum absolute atomic E-state index is 0.136. The summed E-state index contributed by atoms with van der Waals surface area (Å²) in [5.74, 6) is 1.23. The van der Waals surface area contributed by atoms with Gasteiger partial charge in [-0.1, -0.05) is 30.8 Å². The number of benzene rings is 2. The number of carbonyl (C=O) groups is 1. The molecule has 3 rings (SSSR count). The molecule has 0 atom stereocenters. The number of amides is 1. The standard InChI is InChI=1S/C22H22N2O3S/c1-14(2)21(25)23-12-15-5-7-16(8-6-15)22-24-18(13-28-22)17-9-10-19(26-3)20(11-17)27-4/h5-11,13H,1,12H2,2-4H3,(H,23,25). The number of hydrogen-bond donors (Lipinski definition) is 1. The number of ether oxygens (including phenoxy) is 2. The van der Waals surface area contributed by atoms with E-state index in [-0.39, 0.29) is 5.91 Å². The molecule has 1 amide bonds. The maximum atomic E-state index is 11.6. The van der Waals surface area contributed by atoms with Crippen LogP contribution in [0.15, 0.2) is 60.0 Å². The monoisotopic (exact) mass is 394 g/mol. The predicted octanol–water partition coefficient (Wildman–Crippen LogP) is 4.69. The zero-order valence-corrected chi connectivity index (χ0v) is 16.9. The molecule has 144 valence electrons. The summed E-state index contributed by atoms with van der Waals surface area (Å²) in [6.07, 6.45) is 0. The van der Waals surface area contributed by atoms with Crippen LogP contribution >= 0.6 is 11.3 Å². The first-order valence-electron chi connectivity index (χ1n) is 8.72. The van der Waals surface area contributed by atoms with Crippen LogP contribution in [0.2, 0.25) is 0 Å². The van der Waals surface area contributed by atoms with Crippen molar-refractivity contribution in [3.8, 4) is 33.3 Å². The summed E-state index contributed by atoms with van der Waals surface area (Å²) in [6, 6.07) is 13.8. The molecule has 0 aliphatic rings. The van der Waals surface area contributed by atoms with Gasteiger partial charge in [-0.2, -0.15) is 0 Å². The van der Waals surface area contributed by atoms with Crippen molar-refractivity contribution >= 4 is 17.2 Å². The van der Waals surface area contributed by atoms with E-state index in [9.17, 15) is 4.79 Å². The largest absolute Gasteiger partial charge is 0.493 e. The summed E-state index contributed by atoms with van der Waals surface area (Å²) >= 11 is 1.58. The van der Waals surface area contributed by atoms with E-state index < -0.39 is 0 Å². The summed E-state index contributed by atoms with van der Waals surface area (Å²) in [5, 5.41) is 5.79. The van der Waals surface area contributed by atoms with E-state index in [4.69, 9.17) is 14.5 Å². The average molecular weight is 394 g/mol. The van der Waals surface area contributed by atoms with Gasteiger partial charge >= 0.3 is 0 Å². The van der Waals surface area contributed by atoms with Crippen molar-refractivity contribution in [1.82, 2.24) is 10.3 Å². The van der Waals surface area contributed by atoms with Crippen LogP contribution in [0.25, 0.3) is 21.8 Å². The quantitative estimate of drug-likeness (QED) is 0.591. The van der Waals surface area contributed by atoms with Crippen molar-refractivity contribution in [3.63, 3.8) is 0 Å². The van der Waals surface area contributed by atoms with E-state index in [0.29, 0.717) is 23.6 Å². The number of aromatic nitrogens is 1.